The van der Waals surface area contributed by atoms with Crippen LogP contribution in [0.15, 0.2) is 60.7 Å². The molecule has 0 aromatic heterocycles. The second-order valence-corrected chi connectivity index (χ2v) is 5.14. The number of ketones is 1. The topological polar surface area (TPSA) is 26.3 Å². The molecule has 0 atom stereocenters. The van der Waals surface area contributed by atoms with E-state index in [-0.39, 0.29) is 18.2 Å². The molecule has 0 bridgehead atoms. The second-order valence-electron chi connectivity index (χ2n) is 5.14. The number of Topliss-reactive ketones (excluding diaryl/α,β-unsaturated/α-hetero) is 1. The van der Waals surface area contributed by atoms with Gasteiger partial charge in [-0.15, -0.1) is 0 Å². The number of carbonyl (C=O) groups excluding carboxylic acids is 1. The average Bonchev–Trinajstić information content (AvgIpc) is 2.52. The van der Waals surface area contributed by atoms with Crippen LogP contribution in [0.1, 0.15) is 22.8 Å². The van der Waals surface area contributed by atoms with Crippen molar-refractivity contribution in [3.05, 3.63) is 77.6 Å². The van der Waals surface area contributed by atoms with Gasteiger partial charge in [0, 0.05) is 5.39 Å². The molecule has 3 rings (SSSR count). The summed E-state index contributed by atoms with van der Waals surface area (Å²) in [6.07, 6.45) is 0. The van der Waals surface area contributed by atoms with Gasteiger partial charge in [-0.2, -0.15) is 0 Å². The first-order valence-electron chi connectivity index (χ1n) is 7.05. The molecule has 0 unspecified atom stereocenters. The maximum absolute atomic E-state index is 13.2. The highest BCUT2D eigenvalue weighted by Gasteiger charge is 2.12. The van der Waals surface area contributed by atoms with E-state index in [1.165, 1.54) is 19.1 Å². The molecule has 110 valence electrons. The van der Waals surface area contributed by atoms with Gasteiger partial charge in [-0.25, -0.2) is 4.39 Å². The van der Waals surface area contributed by atoms with Crippen molar-refractivity contribution >= 4 is 16.6 Å². The third-order valence-electron chi connectivity index (χ3n) is 3.53. The molecule has 0 aliphatic rings. The van der Waals surface area contributed by atoms with E-state index in [1.54, 1.807) is 18.2 Å². The van der Waals surface area contributed by atoms with Gasteiger partial charge in [0.25, 0.3) is 0 Å². The molecule has 0 saturated carbocycles. The molecule has 0 aliphatic carbocycles. The minimum Gasteiger partial charge on any atom is -0.487 e. The molecule has 0 spiro atoms. The van der Waals surface area contributed by atoms with Gasteiger partial charge in [0.05, 0.1) is 5.56 Å². The summed E-state index contributed by atoms with van der Waals surface area (Å²) >= 11 is 0. The van der Waals surface area contributed by atoms with Gasteiger partial charge in [0.2, 0.25) is 0 Å². The van der Waals surface area contributed by atoms with Crippen molar-refractivity contribution in [1.82, 2.24) is 0 Å². The van der Waals surface area contributed by atoms with E-state index in [1.807, 2.05) is 30.3 Å². The third-order valence-corrected chi connectivity index (χ3v) is 3.53. The molecule has 0 N–H and O–H groups in total. The summed E-state index contributed by atoms with van der Waals surface area (Å²) in [5.74, 6) is 0.195. The lowest BCUT2D eigenvalue weighted by Gasteiger charge is -2.13. The van der Waals surface area contributed by atoms with Crippen molar-refractivity contribution in [3.8, 4) is 5.75 Å². The van der Waals surface area contributed by atoms with Gasteiger partial charge in [0.15, 0.2) is 5.78 Å². The first-order valence-corrected chi connectivity index (χ1v) is 7.05. The van der Waals surface area contributed by atoms with Crippen molar-refractivity contribution in [2.45, 2.75) is 13.5 Å². The summed E-state index contributed by atoms with van der Waals surface area (Å²) in [5.41, 5.74) is 1.26. The van der Waals surface area contributed by atoms with E-state index in [0.717, 1.165) is 16.3 Å². The minimum absolute atomic E-state index is 0.0556. The van der Waals surface area contributed by atoms with Crippen LogP contribution >= 0.6 is 0 Å². The van der Waals surface area contributed by atoms with E-state index < -0.39 is 0 Å². The lowest BCUT2D eigenvalue weighted by Crippen LogP contribution is -2.02. The smallest absolute Gasteiger partial charge is 0.163 e. The number of benzene rings is 3. The van der Waals surface area contributed by atoms with Crippen molar-refractivity contribution < 1.29 is 13.9 Å². The van der Waals surface area contributed by atoms with Crippen molar-refractivity contribution in [2.75, 3.05) is 0 Å². The molecular formula is C19H15FO2. The first-order chi connectivity index (χ1) is 10.6. The van der Waals surface area contributed by atoms with Crippen LogP contribution in [-0.4, -0.2) is 5.78 Å². The first kappa shape index (κ1) is 14.3. The Kier molecular flexibility index (Phi) is 3.88. The number of hydrogen-bond acceptors (Lipinski definition) is 2. The predicted molar refractivity (Wildman–Crippen MR) is 84.7 cm³/mol. The Labute approximate surface area is 128 Å². The molecule has 2 nitrogen and oxygen atoms in total. The maximum Gasteiger partial charge on any atom is 0.163 e. The average molecular weight is 294 g/mol. The molecule has 0 radical (unpaired) electrons. The fourth-order valence-electron chi connectivity index (χ4n) is 2.46. The Morgan fingerprint density at radius 2 is 1.86 bits per heavy atom. The highest BCUT2D eigenvalue weighted by atomic mass is 19.1. The van der Waals surface area contributed by atoms with Crippen LogP contribution in [0.3, 0.4) is 0 Å². The van der Waals surface area contributed by atoms with Gasteiger partial charge in [-0.3, -0.25) is 4.79 Å². The van der Waals surface area contributed by atoms with Gasteiger partial charge in [0.1, 0.15) is 18.2 Å². The molecule has 3 heteroatoms. The van der Waals surface area contributed by atoms with E-state index in [4.69, 9.17) is 4.74 Å². The molecular weight excluding hydrogens is 279 g/mol. The van der Waals surface area contributed by atoms with Crippen molar-refractivity contribution in [2.24, 2.45) is 0 Å². The highest BCUT2D eigenvalue weighted by Crippen LogP contribution is 2.31. The van der Waals surface area contributed by atoms with Gasteiger partial charge < -0.3 is 4.74 Å². The zero-order chi connectivity index (χ0) is 15.5. The molecule has 0 amide bonds. The summed E-state index contributed by atoms with van der Waals surface area (Å²) in [4.78, 5) is 11.8. The molecule has 22 heavy (non-hydrogen) atoms. The van der Waals surface area contributed by atoms with Crippen LogP contribution in [-0.2, 0) is 6.61 Å². The zero-order valence-electron chi connectivity index (χ0n) is 12.2. The van der Waals surface area contributed by atoms with E-state index in [0.29, 0.717) is 11.3 Å². The number of fused-ring (bicyclic) bond motifs is 1. The summed E-state index contributed by atoms with van der Waals surface area (Å²) in [7, 11) is 0. The summed E-state index contributed by atoms with van der Waals surface area (Å²) in [5, 5.41) is 1.88. The number of halogens is 1. The lowest BCUT2D eigenvalue weighted by atomic mass is 10.0. The fraction of sp³-hybridized carbons (Fsp3) is 0.105. The van der Waals surface area contributed by atoms with E-state index >= 15 is 0 Å². The fourth-order valence-corrected chi connectivity index (χ4v) is 2.46. The van der Waals surface area contributed by atoms with Crippen LogP contribution in [0, 0.1) is 5.82 Å². The number of ether oxygens (including phenoxy) is 1. The van der Waals surface area contributed by atoms with Gasteiger partial charge >= 0.3 is 0 Å². The van der Waals surface area contributed by atoms with Crippen LogP contribution in [0.2, 0.25) is 0 Å². The number of carbonyl (C=O) groups is 1. The number of hydrogen-bond donors (Lipinski definition) is 0. The van der Waals surface area contributed by atoms with Crippen LogP contribution in [0.25, 0.3) is 10.8 Å². The van der Waals surface area contributed by atoms with Gasteiger partial charge in [-0.05, 0) is 36.1 Å². The lowest BCUT2D eigenvalue weighted by molar-refractivity contribution is 0.101. The molecule has 0 saturated heterocycles. The minimum atomic E-state index is -0.300. The highest BCUT2D eigenvalue weighted by molar-refractivity contribution is 6.03. The molecule has 0 heterocycles. The quantitative estimate of drug-likeness (QED) is 0.648. The normalized spacial score (nSPS) is 10.6. The second kappa shape index (κ2) is 5.98. The van der Waals surface area contributed by atoms with Crippen LogP contribution in [0.5, 0.6) is 5.75 Å². The van der Waals surface area contributed by atoms with Crippen molar-refractivity contribution in [3.63, 3.8) is 0 Å². The Bertz CT molecular complexity index is 840. The molecule has 0 aliphatic heterocycles. The predicted octanol–water partition coefficient (Wildman–Crippen LogP) is 4.76. The van der Waals surface area contributed by atoms with E-state index in [2.05, 4.69) is 0 Å². The molecule has 3 aromatic rings. The largest absolute Gasteiger partial charge is 0.487 e. The SMILES string of the molecule is CC(=O)c1ccc2ccccc2c1OCc1cccc(F)c1. The standard InChI is InChI=1S/C19H15FO2/c1-13(21)17-10-9-15-6-2-3-8-18(15)19(17)22-12-14-5-4-7-16(20)11-14/h2-11H,12H2,1H3. The van der Waals surface area contributed by atoms with Crippen LogP contribution < -0.4 is 4.74 Å². The van der Waals surface area contributed by atoms with Gasteiger partial charge in [-0.1, -0.05) is 42.5 Å². The van der Waals surface area contributed by atoms with Crippen molar-refractivity contribution in [1.29, 1.82) is 0 Å². The Morgan fingerprint density at radius 1 is 1.05 bits per heavy atom. The third kappa shape index (κ3) is 2.84. The maximum atomic E-state index is 13.2. The monoisotopic (exact) mass is 294 g/mol. The van der Waals surface area contributed by atoms with Crippen LogP contribution in [0.4, 0.5) is 4.39 Å². The Hall–Kier alpha value is -2.68. The molecule has 0 fully saturated rings. The zero-order valence-corrected chi connectivity index (χ0v) is 12.2. The Morgan fingerprint density at radius 3 is 2.64 bits per heavy atom. The summed E-state index contributed by atoms with van der Waals surface area (Å²) < 4.78 is 19.1. The summed E-state index contributed by atoms with van der Waals surface area (Å²) in [6, 6.07) is 17.7. The molecule has 3 aromatic carbocycles. The number of rotatable bonds is 4. The summed E-state index contributed by atoms with van der Waals surface area (Å²) in [6.45, 7) is 1.73. The van der Waals surface area contributed by atoms with E-state index in [9.17, 15) is 9.18 Å². The Balaban J connectivity index is 2.00.